The number of imide groups is 1. The summed E-state index contributed by atoms with van der Waals surface area (Å²) in [7, 11) is 0. The molecular weight excluding hydrogens is 320 g/mol. The van der Waals surface area contributed by atoms with Gasteiger partial charge < -0.3 is 10.6 Å². The first kappa shape index (κ1) is 16.6. The highest BCUT2D eigenvalue weighted by Crippen LogP contribution is 2.28. The lowest BCUT2D eigenvalue weighted by Crippen LogP contribution is -2.52. The summed E-state index contributed by atoms with van der Waals surface area (Å²) in [5, 5.41) is 16.7. The van der Waals surface area contributed by atoms with E-state index in [0.29, 0.717) is 15.4 Å². The van der Waals surface area contributed by atoms with Gasteiger partial charge in [0, 0.05) is 13.3 Å². The predicted molar refractivity (Wildman–Crippen MR) is 81.4 cm³/mol. The van der Waals surface area contributed by atoms with E-state index in [-0.39, 0.29) is 31.1 Å². The van der Waals surface area contributed by atoms with Crippen LogP contribution in [-0.2, 0) is 25.6 Å². The number of anilines is 1. The van der Waals surface area contributed by atoms with E-state index in [1.165, 1.54) is 13.0 Å². The summed E-state index contributed by atoms with van der Waals surface area (Å²) >= 11 is 1.08. The van der Waals surface area contributed by atoms with E-state index >= 15 is 0 Å². The van der Waals surface area contributed by atoms with Crippen LogP contribution in [0, 0.1) is 11.3 Å². The molecule has 1 aromatic rings. The maximum Gasteiger partial charge on any atom is 0.249 e. The largest absolute Gasteiger partial charge is 0.344 e. The third-order valence-electron chi connectivity index (χ3n) is 3.13. The molecule has 2 rings (SSSR count). The summed E-state index contributed by atoms with van der Waals surface area (Å²) in [5.74, 6) is -1.61. The molecule has 4 amide bonds. The van der Waals surface area contributed by atoms with Gasteiger partial charge in [0.2, 0.25) is 23.6 Å². The molecule has 1 saturated heterocycles. The van der Waals surface area contributed by atoms with Gasteiger partial charge in [-0.05, 0) is 18.1 Å². The summed E-state index contributed by atoms with van der Waals surface area (Å²) in [4.78, 5) is 46.3. The fourth-order valence-electron chi connectivity index (χ4n) is 2.13. The molecule has 9 heteroatoms. The van der Waals surface area contributed by atoms with Crippen molar-refractivity contribution in [1.29, 1.82) is 5.26 Å². The highest BCUT2D eigenvalue weighted by molar-refractivity contribution is 7.17. The number of piperidine rings is 1. The molecule has 0 bridgehead atoms. The molecule has 3 N–H and O–H groups in total. The van der Waals surface area contributed by atoms with Crippen molar-refractivity contribution in [2.75, 3.05) is 5.32 Å². The van der Waals surface area contributed by atoms with Gasteiger partial charge in [0.15, 0.2) is 0 Å². The van der Waals surface area contributed by atoms with Crippen LogP contribution in [0.5, 0.6) is 0 Å². The minimum Gasteiger partial charge on any atom is -0.344 e. The lowest BCUT2D eigenvalue weighted by Gasteiger charge is -2.21. The van der Waals surface area contributed by atoms with Crippen LogP contribution in [0.3, 0.4) is 0 Å². The van der Waals surface area contributed by atoms with Crippen molar-refractivity contribution in [1.82, 2.24) is 10.6 Å². The number of amides is 4. The van der Waals surface area contributed by atoms with Gasteiger partial charge in [0.1, 0.15) is 17.0 Å². The Morgan fingerprint density at radius 1 is 1.48 bits per heavy atom. The van der Waals surface area contributed by atoms with Crippen LogP contribution in [0.4, 0.5) is 5.00 Å². The minimum absolute atomic E-state index is 0.0779. The van der Waals surface area contributed by atoms with Gasteiger partial charge in [-0.3, -0.25) is 24.5 Å². The first-order valence-corrected chi connectivity index (χ1v) is 7.64. The number of hydrogen-bond acceptors (Lipinski definition) is 6. The van der Waals surface area contributed by atoms with Gasteiger partial charge in [0.25, 0.3) is 0 Å². The number of carbonyl (C=O) groups excluding carboxylic acids is 4. The third kappa shape index (κ3) is 4.37. The summed E-state index contributed by atoms with van der Waals surface area (Å²) < 4.78 is 0. The molecule has 0 aromatic carbocycles. The van der Waals surface area contributed by atoms with Crippen LogP contribution in [0.15, 0.2) is 6.07 Å². The Balaban J connectivity index is 2.04. The van der Waals surface area contributed by atoms with Gasteiger partial charge in [0.05, 0.1) is 11.4 Å². The van der Waals surface area contributed by atoms with Crippen molar-refractivity contribution in [2.24, 2.45) is 0 Å². The summed E-state index contributed by atoms with van der Waals surface area (Å²) in [6.07, 6.45) is 0.346. The molecule has 1 atom stereocenters. The van der Waals surface area contributed by atoms with Crippen molar-refractivity contribution >= 4 is 40.0 Å². The van der Waals surface area contributed by atoms with Crippen LogP contribution < -0.4 is 16.0 Å². The molecule has 8 nitrogen and oxygen atoms in total. The van der Waals surface area contributed by atoms with Gasteiger partial charge in [-0.15, -0.1) is 11.3 Å². The van der Waals surface area contributed by atoms with Crippen LogP contribution in [0.25, 0.3) is 0 Å². The van der Waals surface area contributed by atoms with Gasteiger partial charge in [-0.1, -0.05) is 0 Å². The fourth-order valence-corrected chi connectivity index (χ4v) is 3.05. The fraction of sp³-hybridized carbons (Fsp3) is 0.357. The Bertz CT molecular complexity index is 719. The summed E-state index contributed by atoms with van der Waals surface area (Å²) in [5.41, 5.74) is 0.506. The number of rotatable bonds is 4. The average Bonchev–Trinajstić information content (AvgIpc) is 2.83. The van der Waals surface area contributed by atoms with Crippen molar-refractivity contribution in [3.63, 3.8) is 0 Å². The average molecular weight is 334 g/mol. The molecule has 0 saturated carbocycles. The quantitative estimate of drug-likeness (QED) is 0.670. The minimum atomic E-state index is -0.751. The van der Waals surface area contributed by atoms with E-state index in [4.69, 9.17) is 5.26 Å². The van der Waals surface area contributed by atoms with E-state index in [1.54, 1.807) is 0 Å². The molecule has 23 heavy (non-hydrogen) atoms. The number of thiophene rings is 1. The van der Waals surface area contributed by atoms with Gasteiger partial charge in [-0.25, -0.2) is 0 Å². The standard InChI is InChI=1S/C14H14N4O4S/c1-7(19)16-14-8(4-9(6-15)23-14)5-12(21)17-10-2-3-11(20)18-13(10)22/h4,10H,2-3,5H2,1H3,(H,16,19)(H,17,21)(H,18,20,22). The highest BCUT2D eigenvalue weighted by atomic mass is 32.1. The van der Waals surface area contributed by atoms with Crippen LogP contribution in [0.1, 0.15) is 30.2 Å². The number of hydrogen-bond donors (Lipinski definition) is 3. The van der Waals surface area contributed by atoms with Gasteiger partial charge >= 0.3 is 0 Å². The first-order valence-electron chi connectivity index (χ1n) is 6.82. The first-order chi connectivity index (χ1) is 10.9. The lowest BCUT2D eigenvalue weighted by atomic mass is 10.1. The van der Waals surface area contributed by atoms with E-state index in [9.17, 15) is 19.2 Å². The molecule has 1 unspecified atom stereocenters. The van der Waals surface area contributed by atoms with Crippen molar-refractivity contribution in [3.8, 4) is 6.07 Å². The van der Waals surface area contributed by atoms with Crippen LogP contribution in [0.2, 0.25) is 0 Å². The molecule has 0 radical (unpaired) electrons. The zero-order chi connectivity index (χ0) is 17.0. The number of nitriles is 1. The number of nitrogens with zero attached hydrogens (tertiary/aromatic N) is 1. The molecule has 0 spiro atoms. The van der Waals surface area contributed by atoms with E-state index in [2.05, 4.69) is 16.0 Å². The Kier molecular flexibility index (Phi) is 5.08. The van der Waals surface area contributed by atoms with E-state index in [0.717, 1.165) is 11.3 Å². The summed E-state index contributed by atoms with van der Waals surface area (Å²) in [6.45, 7) is 1.33. The number of nitrogens with one attached hydrogen (secondary N) is 3. The molecule has 1 aliphatic rings. The second kappa shape index (κ2) is 7.02. The predicted octanol–water partition coefficient (Wildman–Crippen LogP) is 0.0421. The molecule has 1 aromatic heterocycles. The maximum atomic E-state index is 12.1. The molecule has 2 heterocycles. The Labute approximate surface area is 135 Å². The highest BCUT2D eigenvalue weighted by Gasteiger charge is 2.28. The van der Waals surface area contributed by atoms with E-state index < -0.39 is 17.9 Å². The Hall–Kier alpha value is -2.73. The zero-order valence-electron chi connectivity index (χ0n) is 12.3. The van der Waals surface area contributed by atoms with E-state index in [1.807, 2.05) is 6.07 Å². The Morgan fingerprint density at radius 2 is 2.22 bits per heavy atom. The second-order valence-electron chi connectivity index (χ2n) is 5.01. The van der Waals surface area contributed by atoms with Crippen molar-refractivity contribution < 1.29 is 19.2 Å². The smallest absolute Gasteiger partial charge is 0.249 e. The molecule has 0 aliphatic carbocycles. The molecule has 1 fully saturated rings. The third-order valence-corrected chi connectivity index (χ3v) is 4.13. The summed E-state index contributed by atoms with van der Waals surface area (Å²) in [6, 6.07) is 2.74. The van der Waals surface area contributed by atoms with Gasteiger partial charge in [-0.2, -0.15) is 5.26 Å². The Morgan fingerprint density at radius 3 is 2.83 bits per heavy atom. The SMILES string of the molecule is CC(=O)Nc1sc(C#N)cc1CC(=O)NC1CCC(=O)NC1=O. The lowest BCUT2D eigenvalue weighted by molar-refractivity contribution is -0.137. The molecule has 1 aliphatic heterocycles. The van der Waals surface area contributed by atoms with Crippen LogP contribution in [-0.4, -0.2) is 29.7 Å². The monoisotopic (exact) mass is 334 g/mol. The van der Waals surface area contributed by atoms with Crippen molar-refractivity contribution in [2.45, 2.75) is 32.2 Å². The van der Waals surface area contributed by atoms with Crippen LogP contribution >= 0.6 is 11.3 Å². The topological polar surface area (TPSA) is 128 Å². The molecule has 120 valence electrons. The molecular formula is C14H14N4O4S. The second-order valence-corrected chi connectivity index (χ2v) is 6.06. The normalized spacial score (nSPS) is 17.1. The number of carbonyl (C=O) groups is 4. The van der Waals surface area contributed by atoms with Crippen molar-refractivity contribution in [3.05, 3.63) is 16.5 Å². The zero-order valence-corrected chi connectivity index (χ0v) is 13.1. The maximum absolute atomic E-state index is 12.1.